The molecular weight excluding hydrogens is 296 g/mol. The van der Waals surface area contributed by atoms with E-state index in [1.54, 1.807) is 12.0 Å². The number of carbonyl (C=O) groups is 2. The second-order valence-corrected chi connectivity index (χ2v) is 5.90. The molecule has 0 radical (unpaired) electrons. The SMILES string of the molecule is COc1ccc(CCC(=O)N2CC(CO)C(NC(C)=O)C2)cc1. The lowest BCUT2D eigenvalue weighted by Gasteiger charge is -2.17. The molecule has 126 valence electrons. The zero-order valence-electron chi connectivity index (χ0n) is 13.6. The highest BCUT2D eigenvalue weighted by atomic mass is 16.5. The van der Waals surface area contributed by atoms with Crippen LogP contribution in [0.2, 0.25) is 0 Å². The van der Waals surface area contributed by atoms with Crippen molar-refractivity contribution >= 4 is 11.8 Å². The largest absolute Gasteiger partial charge is 0.497 e. The standard InChI is InChI=1S/C17H24N2O4/c1-12(21)18-16-10-19(9-14(16)11-20)17(22)8-5-13-3-6-15(23-2)7-4-13/h3-4,6-7,14,16,20H,5,8-11H2,1-2H3,(H,18,21). The topological polar surface area (TPSA) is 78.9 Å². The average Bonchev–Trinajstić information content (AvgIpc) is 2.95. The summed E-state index contributed by atoms with van der Waals surface area (Å²) in [5.41, 5.74) is 1.08. The fourth-order valence-corrected chi connectivity index (χ4v) is 2.89. The molecule has 2 rings (SSSR count). The predicted octanol–water partition coefficient (Wildman–Crippen LogP) is 0.583. The lowest BCUT2D eigenvalue weighted by molar-refractivity contribution is -0.130. The van der Waals surface area contributed by atoms with Gasteiger partial charge in [-0.3, -0.25) is 9.59 Å². The zero-order chi connectivity index (χ0) is 16.8. The number of ether oxygens (including phenoxy) is 1. The van der Waals surface area contributed by atoms with Crippen LogP contribution in [0.25, 0.3) is 0 Å². The van der Waals surface area contributed by atoms with Crippen molar-refractivity contribution in [3.05, 3.63) is 29.8 Å². The van der Waals surface area contributed by atoms with E-state index in [0.717, 1.165) is 11.3 Å². The van der Waals surface area contributed by atoms with Gasteiger partial charge in [0.15, 0.2) is 0 Å². The highest BCUT2D eigenvalue weighted by Crippen LogP contribution is 2.19. The Hall–Kier alpha value is -2.08. The molecule has 2 atom stereocenters. The molecule has 1 fully saturated rings. The van der Waals surface area contributed by atoms with Crippen molar-refractivity contribution in [3.63, 3.8) is 0 Å². The molecule has 1 aliphatic heterocycles. The van der Waals surface area contributed by atoms with Crippen molar-refractivity contribution in [1.29, 1.82) is 0 Å². The number of benzene rings is 1. The number of hydrogen-bond acceptors (Lipinski definition) is 4. The highest BCUT2D eigenvalue weighted by molar-refractivity contribution is 5.77. The number of methoxy groups -OCH3 is 1. The molecule has 6 nitrogen and oxygen atoms in total. The van der Waals surface area contributed by atoms with Crippen molar-refractivity contribution < 1.29 is 19.4 Å². The summed E-state index contributed by atoms with van der Waals surface area (Å²) in [5, 5.41) is 12.2. The van der Waals surface area contributed by atoms with Crippen LogP contribution in [0, 0.1) is 5.92 Å². The Bertz CT molecular complexity index is 544. The predicted molar refractivity (Wildman–Crippen MR) is 86.1 cm³/mol. The van der Waals surface area contributed by atoms with Crippen LogP contribution < -0.4 is 10.1 Å². The maximum Gasteiger partial charge on any atom is 0.222 e. The summed E-state index contributed by atoms with van der Waals surface area (Å²) < 4.78 is 5.11. The zero-order valence-corrected chi connectivity index (χ0v) is 13.6. The van der Waals surface area contributed by atoms with Gasteiger partial charge in [-0.1, -0.05) is 12.1 Å². The first-order valence-corrected chi connectivity index (χ1v) is 7.82. The second-order valence-electron chi connectivity index (χ2n) is 5.90. The molecule has 1 aromatic rings. The number of amides is 2. The summed E-state index contributed by atoms with van der Waals surface area (Å²) in [6.07, 6.45) is 1.07. The fraction of sp³-hybridized carbons (Fsp3) is 0.529. The Labute approximate surface area is 136 Å². The van der Waals surface area contributed by atoms with E-state index in [-0.39, 0.29) is 30.4 Å². The average molecular weight is 320 g/mol. The van der Waals surface area contributed by atoms with E-state index in [0.29, 0.717) is 25.9 Å². The summed E-state index contributed by atoms with van der Waals surface area (Å²) >= 11 is 0. The molecule has 6 heteroatoms. The third-order valence-corrected chi connectivity index (χ3v) is 4.20. The minimum absolute atomic E-state index is 0.0345. The summed E-state index contributed by atoms with van der Waals surface area (Å²) in [5.74, 6) is 0.612. The minimum Gasteiger partial charge on any atom is -0.497 e. The molecule has 23 heavy (non-hydrogen) atoms. The molecule has 2 amide bonds. The van der Waals surface area contributed by atoms with Gasteiger partial charge in [0.1, 0.15) is 5.75 Å². The number of aliphatic hydroxyl groups is 1. The molecule has 1 aliphatic rings. The Kier molecular flexibility index (Phi) is 5.98. The number of aryl methyl sites for hydroxylation is 1. The van der Waals surface area contributed by atoms with Gasteiger partial charge in [-0.25, -0.2) is 0 Å². The van der Waals surface area contributed by atoms with Crippen LogP contribution in [-0.2, 0) is 16.0 Å². The summed E-state index contributed by atoms with van der Waals surface area (Å²) in [4.78, 5) is 25.3. The molecule has 1 aromatic carbocycles. The van der Waals surface area contributed by atoms with Crippen molar-refractivity contribution in [1.82, 2.24) is 10.2 Å². The number of nitrogens with one attached hydrogen (secondary N) is 1. The van der Waals surface area contributed by atoms with Gasteiger partial charge in [0.25, 0.3) is 0 Å². The molecule has 1 saturated heterocycles. The van der Waals surface area contributed by atoms with E-state index < -0.39 is 0 Å². The minimum atomic E-state index is -0.164. The second kappa shape index (κ2) is 7.97. The molecule has 2 N–H and O–H groups in total. The Balaban J connectivity index is 1.86. The Morgan fingerprint density at radius 2 is 2.00 bits per heavy atom. The van der Waals surface area contributed by atoms with E-state index in [4.69, 9.17) is 4.74 Å². The summed E-state index contributed by atoms with van der Waals surface area (Å²) in [6.45, 7) is 2.37. The van der Waals surface area contributed by atoms with Crippen LogP contribution in [0.4, 0.5) is 0 Å². The number of carbonyl (C=O) groups excluding carboxylic acids is 2. The lowest BCUT2D eigenvalue weighted by Crippen LogP contribution is -2.40. The quantitative estimate of drug-likeness (QED) is 0.804. The number of nitrogens with zero attached hydrogens (tertiary/aromatic N) is 1. The van der Waals surface area contributed by atoms with Gasteiger partial charge in [0.2, 0.25) is 11.8 Å². The number of likely N-dealkylation sites (tertiary alicyclic amines) is 1. The van der Waals surface area contributed by atoms with Crippen LogP contribution >= 0.6 is 0 Å². The van der Waals surface area contributed by atoms with Gasteiger partial charge < -0.3 is 20.1 Å². The summed E-state index contributed by atoms with van der Waals surface area (Å²) in [6, 6.07) is 7.50. The molecule has 0 saturated carbocycles. The first kappa shape index (κ1) is 17.3. The van der Waals surface area contributed by atoms with Gasteiger partial charge in [-0.15, -0.1) is 0 Å². The third-order valence-electron chi connectivity index (χ3n) is 4.20. The Morgan fingerprint density at radius 3 is 2.57 bits per heavy atom. The van der Waals surface area contributed by atoms with E-state index in [2.05, 4.69) is 5.32 Å². The number of hydrogen-bond donors (Lipinski definition) is 2. The van der Waals surface area contributed by atoms with Gasteiger partial charge in [-0.05, 0) is 24.1 Å². The van der Waals surface area contributed by atoms with Crippen molar-refractivity contribution in [3.8, 4) is 5.75 Å². The van der Waals surface area contributed by atoms with Crippen LogP contribution in [0.5, 0.6) is 5.75 Å². The molecule has 0 spiro atoms. The van der Waals surface area contributed by atoms with Gasteiger partial charge in [-0.2, -0.15) is 0 Å². The Morgan fingerprint density at radius 1 is 1.30 bits per heavy atom. The number of aliphatic hydroxyl groups excluding tert-OH is 1. The van der Waals surface area contributed by atoms with Crippen molar-refractivity contribution in [2.45, 2.75) is 25.8 Å². The van der Waals surface area contributed by atoms with E-state index in [9.17, 15) is 14.7 Å². The van der Waals surface area contributed by atoms with Crippen LogP contribution in [-0.4, -0.2) is 54.7 Å². The molecule has 0 bridgehead atoms. The maximum atomic E-state index is 12.3. The molecular formula is C17H24N2O4. The number of rotatable bonds is 6. The molecule has 2 unspecified atom stereocenters. The van der Waals surface area contributed by atoms with Gasteiger partial charge in [0.05, 0.1) is 13.2 Å². The van der Waals surface area contributed by atoms with Gasteiger partial charge in [0, 0.05) is 39.0 Å². The molecule has 0 aromatic heterocycles. The van der Waals surface area contributed by atoms with Gasteiger partial charge >= 0.3 is 0 Å². The summed E-state index contributed by atoms with van der Waals surface area (Å²) in [7, 11) is 1.62. The smallest absolute Gasteiger partial charge is 0.222 e. The van der Waals surface area contributed by atoms with Crippen LogP contribution in [0.15, 0.2) is 24.3 Å². The van der Waals surface area contributed by atoms with Crippen molar-refractivity contribution in [2.75, 3.05) is 26.8 Å². The maximum absolute atomic E-state index is 12.3. The fourth-order valence-electron chi connectivity index (χ4n) is 2.89. The lowest BCUT2D eigenvalue weighted by atomic mass is 10.1. The molecule has 0 aliphatic carbocycles. The normalized spacial score (nSPS) is 20.4. The van der Waals surface area contributed by atoms with E-state index in [1.807, 2.05) is 24.3 Å². The van der Waals surface area contributed by atoms with E-state index >= 15 is 0 Å². The monoisotopic (exact) mass is 320 g/mol. The third kappa shape index (κ3) is 4.69. The van der Waals surface area contributed by atoms with E-state index in [1.165, 1.54) is 6.92 Å². The highest BCUT2D eigenvalue weighted by Gasteiger charge is 2.34. The van der Waals surface area contributed by atoms with Crippen LogP contribution in [0.3, 0.4) is 0 Å². The van der Waals surface area contributed by atoms with Crippen LogP contribution in [0.1, 0.15) is 18.9 Å². The molecule has 1 heterocycles. The van der Waals surface area contributed by atoms with Crippen molar-refractivity contribution in [2.24, 2.45) is 5.92 Å². The first-order valence-electron chi connectivity index (χ1n) is 7.82. The first-order chi connectivity index (χ1) is 11.0.